The zero-order valence-electron chi connectivity index (χ0n) is 2.53. The van der Waals surface area contributed by atoms with E-state index in [-0.39, 0.29) is 56.8 Å². The predicted octanol–water partition coefficient (Wildman–Crippen LogP) is -1.19. The molecular weight excluding hydrogens is 291 g/mol. The zero-order chi connectivity index (χ0) is 2.00. The van der Waals surface area contributed by atoms with Crippen molar-refractivity contribution in [3.8, 4) is 0 Å². The minimum atomic E-state index is 0. The molecule has 0 N–H and O–H groups in total. The van der Waals surface area contributed by atoms with Gasteiger partial charge in [0.05, 0.1) is 0 Å². The zero-order valence-corrected chi connectivity index (χ0v) is 10.1. The second kappa shape index (κ2) is 31.2. The molecule has 5 heteroatoms. The fraction of sp³-hybridized carbons (Fsp3) is 0. The van der Waals surface area contributed by atoms with Gasteiger partial charge in [0.15, 0.2) is 0 Å². The van der Waals surface area contributed by atoms with Crippen LogP contribution in [-0.4, -0.2) is 8.85 Å². The minimum absolute atomic E-state index is 0. The average Bonchev–Trinajstić information content (AvgIpc) is 1.00. The van der Waals surface area contributed by atoms with Gasteiger partial charge in [0, 0.05) is 56.8 Å². The Bertz CT molecular complexity index is 11.6. The molecule has 0 aromatic rings. The Balaban J connectivity index is -0.00000000167. The van der Waals surface area contributed by atoms with Gasteiger partial charge in [-0.2, -0.15) is 0 Å². The van der Waals surface area contributed by atoms with E-state index < -0.39 is 0 Å². The van der Waals surface area contributed by atoms with Gasteiger partial charge in [0.1, 0.15) is 0 Å². The van der Waals surface area contributed by atoms with Crippen molar-refractivity contribution in [2.24, 2.45) is 0 Å². The Kier molecular flexibility index (Phi) is 161. The third-order valence-electron chi connectivity index (χ3n) is 0. The van der Waals surface area contributed by atoms with Gasteiger partial charge in [0.2, 0.25) is 0 Å². The second-order valence-corrected chi connectivity index (χ2v) is 0. The maximum atomic E-state index is 4.33. The molecule has 0 aliphatic carbocycles. The summed E-state index contributed by atoms with van der Waals surface area (Å²) in [6.45, 7) is 0. The molecule has 0 aromatic carbocycles. The van der Waals surface area contributed by atoms with Crippen molar-refractivity contribution < 1.29 is 72.2 Å². The van der Waals surface area contributed by atoms with Crippen LogP contribution in [0.1, 0.15) is 0 Å². The third-order valence-corrected chi connectivity index (χ3v) is 0. The van der Waals surface area contributed by atoms with Crippen molar-refractivity contribution in [2.45, 2.75) is 0 Å². The molecule has 0 fully saturated rings. The molecule has 0 aliphatic heterocycles. The number of hydrogen-bond acceptors (Lipinski definition) is 0. The van der Waals surface area contributed by atoms with Gasteiger partial charge < -0.3 is 0 Å². The van der Waals surface area contributed by atoms with Gasteiger partial charge in [-0.15, -0.1) is 0 Å². The Hall–Kier alpha value is 2.53. The molecule has 0 aromatic heterocycles. The molecule has 0 saturated heterocycles. The van der Waals surface area contributed by atoms with Crippen LogP contribution in [0.15, 0.2) is 0 Å². The number of hydrogen-bond donors (Lipinski definition) is 0. The van der Waals surface area contributed by atoms with Crippen LogP contribution in [0.5, 0.6) is 0 Å². The molecule has 0 bridgehead atoms. The van der Waals surface area contributed by atoms with Gasteiger partial charge in [-0.25, -0.2) is 0 Å². The van der Waals surface area contributed by atoms with Gasteiger partial charge in [-0.1, -0.05) is 0 Å². The summed E-state index contributed by atoms with van der Waals surface area (Å²) in [5.41, 5.74) is 0. The molecule has 0 heterocycles. The Labute approximate surface area is 80.0 Å². The van der Waals surface area contributed by atoms with Crippen molar-refractivity contribution in [2.75, 3.05) is 0 Å². The summed E-state index contributed by atoms with van der Waals surface area (Å²) in [6, 6.07) is 0. The summed E-state index contributed by atoms with van der Waals surface area (Å²) in [7, 11) is 0.868. The fourth-order valence-corrected chi connectivity index (χ4v) is 0. The van der Waals surface area contributed by atoms with E-state index in [1.165, 1.54) is 0 Å². The quantitative estimate of drug-likeness (QED) is 0.493. The van der Waals surface area contributed by atoms with E-state index in [0.717, 1.165) is 8.85 Å². The van der Waals surface area contributed by atoms with Crippen molar-refractivity contribution in [1.82, 2.24) is 0 Å². The van der Waals surface area contributed by atoms with E-state index in [9.17, 15) is 0 Å². The van der Waals surface area contributed by atoms with E-state index in [1.807, 2.05) is 0 Å². The van der Waals surface area contributed by atoms with E-state index in [0.29, 0.717) is 0 Å². The van der Waals surface area contributed by atoms with Crippen molar-refractivity contribution in [3.63, 3.8) is 0 Å². The van der Waals surface area contributed by atoms with Crippen LogP contribution in [-0.2, 0) is 72.2 Å². The predicted molar refractivity (Wildman–Crippen MR) is 9.94 cm³/mol. The molecule has 5 heavy (non-hydrogen) atoms. The first kappa shape index (κ1) is 25.8. The van der Waals surface area contributed by atoms with Crippen LogP contribution >= 0.6 is 0 Å². The normalized spacial score (nSPS) is 2.00. The SMILES string of the molecule is [Cr].[Mn].[Nb].[SiH3][Cu]. The summed E-state index contributed by atoms with van der Waals surface area (Å²) in [6.07, 6.45) is 0. The van der Waals surface area contributed by atoms with Crippen molar-refractivity contribution in [3.05, 3.63) is 0 Å². The van der Waals surface area contributed by atoms with Gasteiger partial charge in [0.25, 0.3) is 0 Å². The molecule has 0 saturated carbocycles. The molecule has 0 amide bonds. The molecule has 0 atom stereocenters. The molecule has 0 aliphatic rings. The van der Waals surface area contributed by atoms with Gasteiger partial charge >= 0.3 is 24.2 Å². The molecule has 0 unspecified atom stereocenters. The van der Waals surface area contributed by atoms with E-state index >= 15 is 0 Å². The van der Waals surface area contributed by atoms with Crippen LogP contribution in [0.25, 0.3) is 0 Å². The third kappa shape index (κ3) is 20.9. The van der Waals surface area contributed by atoms with Crippen molar-refractivity contribution in [1.29, 1.82) is 0 Å². The van der Waals surface area contributed by atoms with Crippen LogP contribution < -0.4 is 0 Å². The molecule has 2 radical (unpaired) electrons. The molecule has 0 nitrogen and oxygen atoms in total. The monoisotopic (exact) mass is 294 g/mol. The Morgan fingerprint density at radius 2 is 1.20 bits per heavy atom. The first-order valence-corrected chi connectivity index (χ1v) is 3.73. The van der Waals surface area contributed by atoms with Crippen LogP contribution in [0.2, 0.25) is 0 Å². The Morgan fingerprint density at radius 3 is 1.20 bits per heavy atom. The fourth-order valence-electron chi connectivity index (χ4n) is 0. The first-order valence-electron chi connectivity index (χ1n) is 0.302. The van der Waals surface area contributed by atoms with Crippen LogP contribution in [0.3, 0.4) is 0 Å². The van der Waals surface area contributed by atoms with E-state index in [2.05, 4.69) is 15.4 Å². The van der Waals surface area contributed by atoms with Crippen LogP contribution in [0, 0.1) is 0 Å². The number of rotatable bonds is 0. The molecule has 0 spiro atoms. The van der Waals surface area contributed by atoms with Gasteiger partial charge in [-0.05, 0) is 0 Å². The van der Waals surface area contributed by atoms with E-state index in [4.69, 9.17) is 0 Å². The first-order chi connectivity index (χ1) is 1.00. The molecular formula is H3CrCuMnNbSi. The summed E-state index contributed by atoms with van der Waals surface area (Å²) in [5, 5.41) is 0. The van der Waals surface area contributed by atoms with Crippen LogP contribution in [0.4, 0.5) is 0 Å². The molecule has 0 rings (SSSR count). The standard InChI is InChI=1S/Cr.Cu.Mn.Nb.H3Si/h;;;;1H3. The summed E-state index contributed by atoms with van der Waals surface area (Å²) in [4.78, 5) is 0. The summed E-state index contributed by atoms with van der Waals surface area (Å²) < 4.78 is 0. The maximum absolute atomic E-state index is 4.33. The molecule has 36 valence electrons. The average molecular weight is 294 g/mol. The topological polar surface area (TPSA) is 0 Å². The van der Waals surface area contributed by atoms with Gasteiger partial charge in [-0.3, -0.25) is 0 Å². The second-order valence-electron chi connectivity index (χ2n) is 0. The Morgan fingerprint density at radius 1 is 1.20 bits per heavy atom. The summed E-state index contributed by atoms with van der Waals surface area (Å²) in [5.74, 6) is 0. The van der Waals surface area contributed by atoms with Crippen molar-refractivity contribution >= 4 is 8.85 Å². The van der Waals surface area contributed by atoms with E-state index in [1.54, 1.807) is 0 Å². The summed E-state index contributed by atoms with van der Waals surface area (Å²) >= 11 is 4.33.